The van der Waals surface area contributed by atoms with Gasteiger partial charge in [-0.15, -0.1) is 0 Å². The third-order valence-corrected chi connectivity index (χ3v) is 3.81. The van der Waals surface area contributed by atoms with Crippen LogP contribution in [0.4, 0.5) is 19.0 Å². The number of alkyl halides is 3. The molecule has 0 aliphatic carbocycles. The molecule has 1 atom stereocenters. The van der Waals surface area contributed by atoms with Gasteiger partial charge in [-0.25, -0.2) is 9.97 Å². The van der Waals surface area contributed by atoms with Crippen LogP contribution < -0.4 is 4.90 Å². The Kier molecular flexibility index (Phi) is 4.04. The van der Waals surface area contributed by atoms with E-state index in [4.69, 9.17) is 0 Å². The van der Waals surface area contributed by atoms with Gasteiger partial charge < -0.3 is 4.90 Å². The van der Waals surface area contributed by atoms with E-state index in [0.717, 1.165) is 11.8 Å². The summed E-state index contributed by atoms with van der Waals surface area (Å²) in [5.74, 6) is 0.535. The Bertz CT molecular complexity index is 851. The van der Waals surface area contributed by atoms with E-state index < -0.39 is 12.2 Å². The molecule has 0 fully saturated rings. The number of rotatable bonds is 3. The molecule has 3 aromatic heterocycles. The highest BCUT2D eigenvalue weighted by Crippen LogP contribution is 2.31. The first-order valence-electron chi connectivity index (χ1n) is 7.19. The Hall–Kier alpha value is -2.77. The van der Waals surface area contributed by atoms with Crippen molar-refractivity contribution in [3.63, 3.8) is 0 Å². The van der Waals surface area contributed by atoms with Gasteiger partial charge in [0.25, 0.3) is 0 Å². The Labute approximate surface area is 136 Å². The Morgan fingerprint density at radius 2 is 1.67 bits per heavy atom. The summed E-state index contributed by atoms with van der Waals surface area (Å²) < 4.78 is 39.3. The van der Waals surface area contributed by atoms with Gasteiger partial charge in [-0.2, -0.15) is 13.2 Å². The fourth-order valence-corrected chi connectivity index (χ4v) is 2.27. The third kappa shape index (κ3) is 2.99. The van der Waals surface area contributed by atoms with Gasteiger partial charge in [0.2, 0.25) is 0 Å². The predicted octanol–water partition coefficient (Wildman–Crippen LogP) is 3.47. The van der Waals surface area contributed by atoms with Crippen LogP contribution in [0.15, 0.2) is 43.0 Å². The molecule has 0 spiro atoms. The highest BCUT2D eigenvalue weighted by atomic mass is 19.4. The lowest BCUT2D eigenvalue weighted by molar-refractivity contribution is -0.143. The van der Waals surface area contributed by atoms with Crippen molar-refractivity contribution in [2.45, 2.75) is 19.1 Å². The number of fused-ring (bicyclic) bond motifs is 1. The normalized spacial score (nSPS) is 13.0. The number of halogens is 3. The summed E-state index contributed by atoms with van der Waals surface area (Å²) in [4.78, 5) is 17.8. The molecule has 0 bridgehead atoms. The fourth-order valence-electron chi connectivity index (χ4n) is 2.27. The average Bonchev–Trinajstić information content (AvgIpc) is 2.59. The van der Waals surface area contributed by atoms with Crippen LogP contribution in [0.25, 0.3) is 22.3 Å². The van der Waals surface area contributed by atoms with Crippen molar-refractivity contribution in [1.29, 1.82) is 0 Å². The second kappa shape index (κ2) is 6.03. The maximum atomic E-state index is 13.1. The monoisotopic (exact) mass is 333 g/mol. The van der Waals surface area contributed by atoms with Crippen LogP contribution in [0.5, 0.6) is 0 Å². The molecule has 0 amide bonds. The molecule has 124 valence electrons. The SMILES string of the molecule is C[C@H](N(C)c1nc(-c2ccncc2)nc2cnccc12)C(F)(F)F. The van der Waals surface area contributed by atoms with Gasteiger partial charge in [0, 0.05) is 36.6 Å². The molecule has 0 saturated carbocycles. The van der Waals surface area contributed by atoms with Crippen molar-refractivity contribution in [1.82, 2.24) is 19.9 Å². The van der Waals surface area contributed by atoms with E-state index in [0.29, 0.717) is 22.3 Å². The minimum Gasteiger partial charge on any atom is -0.347 e. The molecule has 0 radical (unpaired) electrons. The van der Waals surface area contributed by atoms with Crippen LogP contribution in [0.1, 0.15) is 6.92 Å². The quantitative estimate of drug-likeness (QED) is 0.734. The Morgan fingerprint density at radius 1 is 1.00 bits per heavy atom. The second-order valence-electron chi connectivity index (χ2n) is 5.33. The average molecular weight is 333 g/mol. The number of aromatic nitrogens is 4. The summed E-state index contributed by atoms with van der Waals surface area (Å²) >= 11 is 0. The zero-order valence-electron chi connectivity index (χ0n) is 13.0. The predicted molar refractivity (Wildman–Crippen MR) is 84.5 cm³/mol. The van der Waals surface area contributed by atoms with Crippen LogP contribution >= 0.6 is 0 Å². The fraction of sp³-hybridized carbons (Fsp3) is 0.250. The maximum Gasteiger partial charge on any atom is 0.408 e. The van der Waals surface area contributed by atoms with E-state index in [9.17, 15) is 13.2 Å². The zero-order chi connectivity index (χ0) is 17.3. The lowest BCUT2D eigenvalue weighted by Crippen LogP contribution is -2.41. The van der Waals surface area contributed by atoms with Gasteiger partial charge >= 0.3 is 6.18 Å². The number of hydrogen-bond acceptors (Lipinski definition) is 5. The van der Waals surface area contributed by atoms with Gasteiger partial charge in [-0.3, -0.25) is 9.97 Å². The van der Waals surface area contributed by atoms with Gasteiger partial charge in [0.15, 0.2) is 5.82 Å². The zero-order valence-corrected chi connectivity index (χ0v) is 13.0. The molecule has 0 unspecified atom stereocenters. The smallest absolute Gasteiger partial charge is 0.347 e. The molecular formula is C16H14F3N5. The van der Waals surface area contributed by atoms with Crippen molar-refractivity contribution in [3.05, 3.63) is 43.0 Å². The summed E-state index contributed by atoms with van der Waals surface area (Å²) in [6.45, 7) is 1.10. The van der Waals surface area contributed by atoms with Crippen molar-refractivity contribution >= 4 is 16.7 Å². The van der Waals surface area contributed by atoms with Crippen molar-refractivity contribution < 1.29 is 13.2 Å². The van der Waals surface area contributed by atoms with Gasteiger partial charge in [0.1, 0.15) is 11.9 Å². The van der Waals surface area contributed by atoms with E-state index in [2.05, 4.69) is 19.9 Å². The van der Waals surface area contributed by atoms with Crippen LogP contribution in [0.3, 0.4) is 0 Å². The summed E-state index contributed by atoms with van der Waals surface area (Å²) in [7, 11) is 1.37. The Morgan fingerprint density at radius 3 is 2.33 bits per heavy atom. The lowest BCUT2D eigenvalue weighted by Gasteiger charge is -2.28. The molecule has 24 heavy (non-hydrogen) atoms. The molecule has 8 heteroatoms. The highest BCUT2D eigenvalue weighted by Gasteiger charge is 2.39. The molecule has 3 aromatic rings. The Balaban J connectivity index is 2.19. The number of nitrogens with zero attached hydrogens (tertiary/aromatic N) is 5. The number of hydrogen-bond donors (Lipinski definition) is 0. The molecule has 3 heterocycles. The first-order chi connectivity index (χ1) is 11.4. The van der Waals surface area contributed by atoms with Crippen LogP contribution in [-0.4, -0.2) is 39.2 Å². The summed E-state index contributed by atoms with van der Waals surface area (Å²) in [5.41, 5.74) is 1.15. The standard InChI is InChI=1S/C16H14F3N5/c1-10(16(17,18)19)24(2)15-12-5-8-21-9-13(12)22-14(23-15)11-3-6-20-7-4-11/h3-10H,1-2H3/t10-/m0/s1. The second-order valence-corrected chi connectivity index (χ2v) is 5.33. The lowest BCUT2D eigenvalue weighted by atomic mass is 10.2. The topological polar surface area (TPSA) is 54.8 Å². The highest BCUT2D eigenvalue weighted by molar-refractivity contribution is 5.90. The molecule has 0 aromatic carbocycles. The summed E-state index contributed by atoms with van der Waals surface area (Å²) in [5, 5.41) is 0.515. The van der Waals surface area contributed by atoms with E-state index in [1.807, 2.05) is 0 Å². The van der Waals surface area contributed by atoms with Gasteiger partial charge in [-0.1, -0.05) is 0 Å². The summed E-state index contributed by atoms with van der Waals surface area (Å²) in [6, 6.07) is 3.33. The molecule has 5 nitrogen and oxygen atoms in total. The van der Waals surface area contributed by atoms with Crippen LogP contribution in [-0.2, 0) is 0 Å². The van der Waals surface area contributed by atoms with Gasteiger partial charge in [-0.05, 0) is 25.1 Å². The minimum absolute atomic E-state index is 0.207. The van der Waals surface area contributed by atoms with E-state index in [-0.39, 0.29) is 5.82 Å². The van der Waals surface area contributed by atoms with E-state index in [1.54, 1.807) is 30.6 Å². The van der Waals surface area contributed by atoms with Crippen molar-refractivity contribution in [3.8, 4) is 11.4 Å². The summed E-state index contributed by atoms with van der Waals surface area (Å²) in [6.07, 6.45) is 1.81. The molecule has 0 aliphatic heterocycles. The first-order valence-corrected chi connectivity index (χ1v) is 7.19. The first kappa shape index (κ1) is 16.1. The van der Waals surface area contributed by atoms with Crippen LogP contribution in [0, 0.1) is 0 Å². The third-order valence-electron chi connectivity index (χ3n) is 3.81. The molecular weight excluding hydrogens is 319 g/mol. The molecule has 0 N–H and O–H groups in total. The largest absolute Gasteiger partial charge is 0.408 e. The van der Waals surface area contributed by atoms with Crippen molar-refractivity contribution in [2.75, 3.05) is 11.9 Å². The van der Waals surface area contributed by atoms with Gasteiger partial charge in [0.05, 0.1) is 11.7 Å². The van der Waals surface area contributed by atoms with E-state index >= 15 is 0 Å². The van der Waals surface area contributed by atoms with Crippen LogP contribution in [0.2, 0.25) is 0 Å². The van der Waals surface area contributed by atoms with Crippen molar-refractivity contribution in [2.24, 2.45) is 0 Å². The molecule has 0 saturated heterocycles. The molecule has 3 rings (SSSR count). The maximum absolute atomic E-state index is 13.1. The number of pyridine rings is 2. The number of anilines is 1. The minimum atomic E-state index is -4.37. The van der Waals surface area contributed by atoms with E-state index in [1.165, 1.54) is 19.4 Å². The molecule has 0 aliphatic rings.